The summed E-state index contributed by atoms with van der Waals surface area (Å²) in [5.41, 5.74) is -0.0394. The number of aliphatic hydroxyl groups excluding tert-OH is 2. The maximum absolute atomic E-state index is 12.5. The molecular formula is C31H32N2O8. The van der Waals surface area contributed by atoms with E-state index in [2.05, 4.69) is 4.98 Å². The molecule has 0 amide bonds. The molecule has 0 bridgehead atoms. The highest BCUT2D eigenvalue weighted by atomic mass is 16.6. The molecule has 41 heavy (non-hydrogen) atoms. The molecule has 1 aliphatic rings. The summed E-state index contributed by atoms with van der Waals surface area (Å²) in [4.78, 5) is 26.6. The maximum atomic E-state index is 12.5. The fraction of sp³-hybridized carbons (Fsp3) is 0.290. The van der Waals surface area contributed by atoms with E-state index in [0.717, 1.165) is 21.3 Å². The van der Waals surface area contributed by atoms with E-state index in [4.69, 9.17) is 18.9 Å². The van der Waals surface area contributed by atoms with Crippen molar-refractivity contribution in [2.24, 2.45) is 0 Å². The van der Waals surface area contributed by atoms with Gasteiger partial charge in [0, 0.05) is 11.8 Å². The SMILES string of the molecule is COc1ccc(C(O[C@@H]2COC(n3cc(C)c(=O)[nH]c3=O)[C@H](O)[C@@H]2O)(c2ccccc2)c2ccc(OC)cc2)cc1. The maximum Gasteiger partial charge on any atom is 0.330 e. The molecule has 3 aromatic carbocycles. The minimum absolute atomic E-state index is 0.158. The third kappa shape index (κ3) is 5.30. The lowest BCUT2D eigenvalue weighted by atomic mass is 9.79. The number of ether oxygens (including phenoxy) is 4. The standard InChI is InChI=1S/C31H32N2O8/c1-19-17-33(30(37)32-28(19)36)29-27(35)26(34)25(18-40-29)41-31(20-7-5-4-6-8-20,21-9-13-23(38-2)14-10-21)22-11-15-24(39-3)16-12-22/h4-17,25-27,29,34-35H,18H2,1-3H3,(H,32,36,37)/t25-,26-,27-,29?/m1/s1. The van der Waals surface area contributed by atoms with Gasteiger partial charge in [-0.1, -0.05) is 54.6 Å². The van der Waals surface area contributed by atoms with Gasteiger partial charge in [0.05, 0.1) is 20.8 Å². The molecule has 0 radical (unpaired) electrons. The number of hydrogen-bond donors (Lipinski definition) is 3. The van der Waals surface area contributed by atoms with Crippen LogP contribution >= 0.6 is 0 Å². The molecule has 4 atom stereocenters. The molecular weight excluding hydrogens is 528 g/mol. The minimum Gasteiger partial charge on any atom is -0.497 e. The summed E-state index contributed by atoms with van der Waals surface area (Å²) in [5, 5.41) is 22.5. The zero-order valence-corrected chi connectivity index (χ0v) is 22.9. The van der Waals surface area contributed by atoms with Crippen LogP contribution in [0.1, 0.15) is 28.5 Å². The fourth-order valence-electron chi connectivity index (χ4n) is 5.16. The molecule has 10 heteroatoms. The summed E-state index contributed by atoms with van der Waals surface area (Å²) >= 11 is 0. The van der Waals surface area contributed by atoms with Crippen LogP contribution in [0.3, 0.4) is 0 Å². The van der Waals surface area contributed by atoms with Crippen molar-refractivity contribution in [3.63, 3.8) is 0 Å². The van der Waals surface area contributed by atoms with Crippen LogP contribution < -0.4 is 20.7 Å². The van der Waals surface area contributed by atoms with Crippen LogP contribution in [-0.4, -0.2) is 58.9 Å². The van der Waals surface area contributed by atoms with Crippen LogP contribution in [0.25, 0.3) is 0 Å². The van der Waals surface area contributed by atoms with Gasteiger partial charge in [0.25, 0.3) is 5.56 Å². The zero-order chi connectivity index (χ0) is 29.1. The quantitative estimate of drug-likeness (QED) is 0.280. The Morgan fingerprint density at radius 2 is 1.37 bits per heavy atom. The Morgan fingerprint density at radius 1 is 0.829 bits per heavy atom. The summed E-state index contributed by atoms with van der Waals surface area (Å²) in [6, 6.07) is 24.4. The van der Waals surface area contributed by atoms with E-state index in [9.17, 15) is 19.8 Å². The second kappa shape index (κ2) is 11.7. The molecule has 0 spiro atoms. The number of methoxy groups -OCH3 is 2. The Morgan fingerprint density at radius 3 is 1.90 bits per heavy atom. The first-order chi connectivity index (χ1) is 19.8. The number of aryl methyl sites for hydroxylation is 1. The van der Waals surface area contributed by atoms with Crippen molar-refractivity contribution in [2.45, 2.75) is 37.1 Å². The highest BCUT2D eigenvalue weighted by molar-refractivity contribution is 5.50. The predicted molar refractivity (Wildman–Crippen MR) is 150 cm³/mol. The molecule has 1 aliphatic heterocycles. The van der Waals surface area contributed by atoms with Gasteiger partial charge in [-0.25, -0.2) is 4.79 Å². The minimum atomic E-state index is -1.54. The van der Waals surface area contributed by atoms with Gasteiger partial charge in [-0.2, -0.15) is 0 Å². The molecule has 10 nitrogen and oxygen atoms in total. The average molecular weight is 561 g/mol. The first-order valence-electron chi connectivity index (χ1n) is 13.1. The van der Waals surface area contributed by atoms with E-state index in [1.165, 1.54) is 13.1 Å². The Balaban J connectivity index is 1.60. The van der Waals surface area contributed by atoms with E-state index >= 15 is 0 Å². The smallest absolute Gasteiger partial charge is 0.330 e. The Kier molecular flexibility index (Phi) is 8.09. The molecule has 1 unspecified atom stereocenters. The number of hydrogen-bond acceptors (Lipinski definition) is 8. The second-order valence-electron chi connectivity index (χ2n) is 9.84. The number of rotatable bonds is 8. The number of nitrogens with one attached hydrogen (secondary N) is 1. The summed E-state index contributed by atoms with van der Waals surface area (Å²) in [7, 11) is 3.17. The summed E-state index contributed by atoms with van der Waals surface area (Å²) in [5.74, 6) is 1.32. The van der Waals surface area contributed by atoms with Crippen molar-refractivity contribution in [3.8, 4) is 11.5 Å². The van der Waals surface area contributed by atoms with Crippen LogP contribution in [0, 0.1) is 6.92 Å². The van der Waals surface area contributed by atoms with Gasteiger partial charge in [-0.05, 0) is 47.9 Å². The number of aliphatic hydroxyl groups is 2. The lowest BCUT2D eigenvalue weighted by molar-refractivity contribution is -0.241. The van der Waals surface area contributed by atoms with E-state index < -0.39 is 41.4 Å². The molecule has 5 rings (SSSR count). The Labute approximate surface area is 236 Å². The number of aromatic amines is 1. The molecule has 0 aliphatic carbocycles. The molecule has 1 fully saturated rings. The molecule has 1 aromatic heterocycles. The lowest BCUT2D eigenvalue weighted by Gasteiger charge is -2.44. The monoisotopic (exact) mass is 560 g/mol. The van der Waals surface area contributed by atoms with E-state index in [-0.39, 0.29) is 12.2 Å². The molecule has 2 heterocycles. The fourth-order valence-corrected chi connectivity index (χ4v) is 5.16. The van der Waals surface area contributed by atoms with Crippen molar-refractivity contribution >= 4 is 0 Å². The zero-order valence-electron chi connectivity index (χ0n) is 22.9. The van der Waals surface area contributed by atoms with Crippen LogP contribution in [0.2, 0.25) is 0 Å². The highest BCUT2D eigenvalue weighted by Gasteiger charge is 2.47. The Bertz CT molecular complexity index is 1530. The second-order valence-corrected chi connectivity index (χ2v) is 9.84. The molecule has 3 N–H and O–H groups in total. The van der Waals surface area contributed by atoms with Gasteiger partial charge in [-0.15, -0.1) is 0 Å². The van der Waals surface area contributed by atoms with Crippen molar-refractivity contribution < 1.29 is 29.2 Å². The predicted octanol–water partition coefficient (Wildman–Crippen LogP) is 2.49. The van der Waals surface area contributed by atoms with E-state index in [1.807, 2.05) is 78.9 Å². The van der Waals surface area contributed by atoms with Gasteiger partial charge >= 0.3 is 5.69 Å². The van der Waals surface area contributed by atoms with Gasteiger partial charge in [0.15, 0.2) is 6.23 Å². The van der Waals surface area contributed by atoms with Crippen LogP contribution in [0.15, 0.2) is 94.6 Å². The summed E-state index contributed by atoms with van der Waals surface area (Å²) in [6.07, 6.45) is -3.96. The first kappa shape index (κ1) is 28.3. The highest BCUT2D eigenvalue weighted by Crippen LogP contribution is 2.44. The van der Waals surface area contributed by atoms with Crippen LogP contribution in [-0.2, 0) is 15.1 Å². The van der Waals surface area contributed by atoms with Gasteiger partial charge in [0.1, 0.15) is 35.4 Å². The van der Waals surface area contributed by atoms with Crippen LogP contribution in [0.4, 0.5) is 0 Å². The van der Waals surface area contributed by atoms with Gasteiger partial charge in [-0.3, -0.25) is 14.3 Å². The van der Waals surface area contributed by atoms with Crippen LogP contribution in [0.5, 0.6) is 11.5 Å². The molecule has 4 aromatic rings. The number of nitrogens with zero attached hydrogens (tertiary/aromatic N) is 1. The average Bonchev–Trinajstić information content (AvgIpc) is 3.01. The Hall–Kier alpha value is -4.22. The largest absolute Gasteiger partial charge is 0.497 e. The third-order valence-corrected chi connectivity index (χ3v) is 7.38. The summed E-state index contributed by atoms with van der Waals surface area (Å²) in [6.45, 7) is 1.37. The summed E-state index contributed by atoms with van der Waals surface area (Å²) < 4.78 is 24.6. The van der Waals surface area contributed by atoms with Crippen molar-refractivity contribution in [1.29, 1.82) is 0 Å². The van der Waals surface area contributed by atoms with Crippen molar-refractivity contribution in [1.82, 2.24) is 9.55 Å². The normalized spacial score (nSPS) is 20.9. The third-order valence-electron chi connectivity index (χ3n) is 7.38. The van der Waals surface area contributed by atoms with E-state index in [0.29, 0.717) is 11.5 Å². The topological polar surface area (TPSA) is 132 Å². The van der Waals surface area contributed by atoms with E-state index in [1.54, 1.807) is 14.2 Å². The first-order valence-corrected chi connectivity index (χ1v) is 13.1. The number of H-pyrrole nitrogens is 1. The van der Waals surface area contributed by atoms with Crippen molar-refractivity contribution in [2.75, 3.05) is 20.8 Å². The van der Waals surface area contributed by atoms with Crippen molar-refractivity contribution in [3.05, 3.63) is 128 Å². The lowest BCUT2D eigenvalue weighted by Crippen LogP contribution is -2.56. The van der Waals surface area contributed by atoms with Gasteiger partial charge in [0.2, 0.25) is 0 Å². The molecule has 1 saturated heterocycles. The molecule has 214 valence electrons. The van der Waals surface area contributed by atoms with Gasteiger partial charge < -0.3 is 29.2 Å². The number of aromatic nitrogens is 2. The molecule has 0 saturated carbocycles. The number of benzene rings is 3.